The average molecular weight is 744 g/mol. The minimum Gasteiger partial charge on any atom is -0.496 e. The number of amides is 2. The number of ketones is 1. The Morgan fingerprint density at radius 2 is 1.86 bits per heavy atom. The van der Waals surface area contributed by atoms with E-state index in [1.165, 1.54) is 23.3 Å². The molecule has 1 N–H and O–H groups in total. The summed E-state index contributed by atoms with van der Waals surface area (Å²) in [5.74, 6) is -0.398. The van der Waals surface area contributed by atoms with Gasteiger partial charge in [0.25, 0.3) is 0 Å². The highest BCUT2D eigenvalue weighted by Gasteiger charge is 2.68. The van der Waals surface area contributed by atoms with Gasteiger partial charge in [-0.05, 0) is 82.8 Å². The van der Waals surface area contributed by atoms with E-state index in [1.54, 1.807) is 38.3 Å². The molecule has 3 heterocycles. The first-order valence-corrected chi connectivity index (χ1v) is 20.4. The van der Waals surface area contributed by atoms with E-state index in [9.17, 15) is 22.8 Å². The highest BCUT2D eigenvalue weighted by Crippen LogP contribution is 2.66. The highest BCUT2D eigenvalue weighted by atomic mass is 32.2. The van der Waals surface area contributed by atoms with Crippen molar-refractivity contribution in [2.45, 2.75) is 103 Å². The zero-order valence-corrected chi connectivity index (χ0v) is 32.4. The second-order valence-corrected chi connectivity index (χ2v) is 19.7. The first-order chi connectivity index (χ1) is 23.8. The van der Waals surface area contributed by atoms with Crippen LogP contribution in [0, 0.1) is 24.2 Å². The zero-order chi connectivity index (χ0) is 37.1. The van der Waals surface area contributed by atoms with Crippen molar-refractivity contribution in [1.82, 2.24) is 15.2 Å². The lowest BCUT2D eigenvalue weighted by Gasteiger charge is -2.64. The summed E-state index contributed by atoms with van der Waals surface area (Å²) in [6.45, 7) is 14.0. The molecule has 15 heteroatoms. The van der Waals surface area contributed by atoms with Crippen molar-refractivity contribution in [3.8, 4) is 5.75 Å². The fourth-order valence-corrected chi connectivity index (χ4v) is 10.3. The number of sulfone groups is 1. The Kier molecular flexibility index (Phi) is 10.2. The van der Waals surface area contributed by atoms with E-state index >= 15 is 0 Å². The van der Waals surface area contributed by atoms with Crippen LogP contribution in [0.2, 0.25) is 5.82 Å². The number of carbonyl (C=O) groups is 3. The van der Waals surface area contributed by atoms with E-state index < -0.39 is 52.0 Å². The predicted octanol–water partition coefficient (Wildman–Crippen LogP) is 5.20. The fraction of sp³-hybridized carbons (Fsp3) is 0.667. The Hall–Kier alpha value is -3.01. The van der Waals surface area contributed by atoms with Gasteiger partial charge in [0.05, 0.1) is 41.0 Å². The summed E-state index contributed by atoms with van der Waals surface area (Å²) in [6, 6.07) is 3.69. The minimum absolute atomic E-state index is 0.0410. The molecule has 2 aliphatic heterocycles. The first-order valence-electron chi connectivity index (χ1n) is 17.7. The molecule has 3 saturated carbocycles. The molecule has 2 aromatic rings. The van der Waals surface area contributed by atoms with Crippen LogP contribution in [0.1, 0.15) is 93.5 Å². The number of benzene rings is 1. The fourth-order valence-electron chi connectivity index (χ4n) is 8.47. The van der Waals surface area contributed by atoms with Crippen LogP contribution in [0.15, 0.2) is 23.6 Å². The summed E-state index contributed by atoms with van der Waals surface area (Å²) in [4.78, 5) is 47.2. The highest BCUT2D eigenvalue weighted by molar-refractivity contribution is 7.91. The van der Waals surface area contributed by atoms with Crippen molar-refractivity contribution in [3.63, 3.8) is 0 Å². The molecular weight excluding hydrogens is 693 g/mol. The number of hydrogen-bond donors (Lipinski definition) is 1. The maximum atomic E-state index is 14.5. The molecular formula is C36H50BN3O9S2. The molecule has 2 bridgehead atoms. The van der Waals surface area contributed by atoms with Crippen LogP contribution in [-0.2, 0) is 35.1 Å². The van der Waals surface area contributed by atoms with Crippen molar-refractivity contribution in [2.75, 3.05) is 31.7 Å². The molecule has 7 rings (SSSR count). The first kappa shape index (κ1) is 37.7. The minimum atomic E-state index is -3.21. The zero-order valence-electron chi connectivity index (χ0n) is 30.8. The summed E-state index contributed by atoms with van der Waals surface area (Å²) < 4.78 is 49.2. The Balaban J connectivity index is 1.31. The Morgan fingerprint density at radius 3 is 2.47 bits per heavy atom. The Bertz CT molecular complexity index is 1780. The number of para-hydroxylation sites is 1. The molecule has 51 heavy (non-hydrogen) atoms. The smallest absolute Gasteiger partial charge is 0.461 e. The van der Waals surface area contributed by atoms with Gasteiger partial charge in [-0.1, -0.05) is 26.0 Å². The number of rotatable bonds is 10. The van der Waals surface area contributed by atoms with Crippen molar-refractivity contribution < 1.29 is 41.6 Å². The maximum absolute atomic E-state index is 14.5. The second kappa shape index (κ2) is 13.8. The number of hydrogen-bond acceptors (Lipinski definition) is 11. The van der Waals surface area contributed by atoms with Crippen molar-refractivity contribution in [1.29, 1.82) is 0 Å². The summed E-state index contributed by atoms with van der Waals surface area (Å²) >= 11 is 1.37. The van der Waals surface area contributed by atoms with Gasteiger partial charge in [0.1, 0.15) is 23.0 Å². The van der Waals surface area contributed by atoms with Gasteiger partial charge in [-0.15, -0.1) is 11.3 Å². The molecule has 3 aliphatic carbocycles. The van der Waals surface area contributed by atoms with Crippen LogP contribution in [0.3, 0.4) is 0 Å². The number of ether oxygens (including phenoxy) is 2. The van der Waals surface area contributed by atoms with E-state index in [0.717, 1.165) is 17.8 Å². The van der Waals surface area contributed by atoms with Gasteiger partial charge in [-0.2, -0.15) is 0 Å². The molecule has 1 unspecified atom stereocenters. The van der Waals surface area contributed by atoms with Gasteiger partial charge in [0.2, 0.25) is 0 Å². The van der Waals surface area contributed by atoms with Gasteiger partial charge in [0.15, 0.2) is 15.6 Å². The third-order valence-electron chi connectivity index (χ3n) is 11.4. The van der Waals surface area contributed by atoms with E-state index in [0.29, 0.717) is 28.8 Å². The van der Waals surface area contributed by atoms with Crippen molar-refractivity contribution in [3.05, 3.63) is 45.4 Å². The molecule has 1 aromatic carbocycles. The van der Waals surface area contributed by atoms with E-state index in [1.807, 2.05) is 13.0 Å². The van der Waals surface area contributed by atoms with Crippen LogP contribution >= 0.6 is 11.3 Å². The van der Waals surface area contributed by atoms with E-state index in [2.05, 4.69) is 31.1 Å². The van der Waals surface area contributed by atoms with Gasteiger partial charge in [0, 0.05) is 30.7 Å². The summed E-state index contributed by atoms with van der Waals surface area (Å²) in [5, 5.41) is 5.37. The molecule has 12 nitrogen and oxygen atoms in total. The lowest BCUT2D eigenvalue weighted by Crippen LogP contribution is -2.65. The number of esters is 1. The maximum Gasteiger partial charge on any atom is 0.461 e. The number of methoxy groups -OCH3 is 1. The molecule has 5 aliphatic rings. The molecule has 1 aromatic heterocycles. The lowest BCUT2D eigenvalue weighted by molar-refractivity contribution is -0.199. The largest absolute Gasteiger partial charge is 0.496 e. The quantitative estimate of drug-likeness (QED) is 0.254. The van der Waals surface area contributed by atoms with Gasteiger partial charge < -0.3 is 29.0 Å². The molecule has 2 amide bonds. The number of nitrogens with zero attached hydrogens (tertiary/aromatic N) is 2. The number of nitrogens with one attached hydrogen (secondary N) is 1. The number of carbonyl (C=O) groups excluding carboxylic acids is 3. The number of urea groups is 1. The Morgan fingerprint density at radius 1 is 1.16 bits per heavy atom. The molecule has 0 radical (unpaired) electrons. The Labute approximate surface area is 305 Å². The van der Waals surface area contributed by atoms with Crippen LogP contribution < -0.4 is 10.1 Å². The summed E-state index contributed by atoms with van der Waals surface area (Å²) in [5.41, 5.74) is 0.259. The van der Waals surface area contributed by atoms with E-state index in [4.69, 9.17) is 18.8 Å². The molecule has 278 valence electrons. The number of Topliss-reactive ketones (excluding diaryl/α,β-unsaturated/α-hetero) is 1. The SMILES string of the molecule is COc1c(C[C@H](CC(=O)C(NC(=O)N2CCS(=O)(=O)CC2)c2csc(C)n2)B2O[C@@H]3C[C@@H]4C[C@@H](C4(C)C)[C@]3(C)O2)cccc1C(=O)OC(C)(C)C. The third-order valence-corrected chi connectivity index (χ3v) is 13.8. The monoisotopic (exact) mass is 743 g/mol. The lowest BCUT2D eigenvalue weighted by atomic mass is 9.43. The summed E-state index contributed by atoms with van der Waals surface area (Å²) in [6.07, 6.45) is 2.05. The average Bonchev–Trinajstić information content (AvgIpc) is 3.64. The summed E-state index contributed by atoms with van der Waals surface area (Å²) in [7, 11) is -2.45. The molecule has 0 spiro atoms. The number of thiazole rings is 1. The molecule has 2 saturated heterocycles. The van der Waals surface area contributed by atoms with Crippen LogP contribution in [0.4, 0.5) is 4.79 Å². The third kappa shape index (κ3) is 7.59. The predicted molar refractivity (Wildman–Crippen MR) is 194 cm³/mol. The van der Waals surface area contributed by atoms with Gasteiger partial charge in [-0.3, -0.25) is 4.79 Å². The standard InChI is InChI=1S/C36H50BN3O9S2/c1-21-38-26(20-50-21)30(39-33(43)40-12-14-51(44,45)15-13-40)27(41)19-24(37-48-29-18-23-17-28(35(23,5)6)36(29,7)49-37)16-22-10-9-11-25(31(22)46-8)32(42)47-34(2,3)4/h9-11,20,23-24,28-30H,12-19H2,1-8H3,(H,39,43)/t23-,24+,28-,29+,30?,36-/m0/s1. The molecule has 6 atom stereocenters. The number of aryl methyl sites for hydroxylation is 1. The second-order valence-electron chi connectivity index (χ2n) is 16.3. The van der Waals surface area contributed by atoms with Crippen LogP contribution in [-0.4, -0.2) is 92.2 Å². The van der Waals surface area contributed by atoms with Crippen LogP contribution in [0.5, 0.6) is 5.75 Å². The van der Waals surface area contributed by atoms with Crippen molar-refractivity contribution in [2.24, 2.45) is 17.3 Å². The number of aromatic nitrogens is 1. The van der Waals surface area contributed by atoms with Gasteiger partial charge >= 0.3 is 19.1 Å². The van der Waals surface area contributed by atoms with E-state index in [-0.39, 0.29) is 60.3 Å². The van der Waals surface area contributed by atoms with Crippen LogP contribution in [0.25, 0.3) is 0 Å². The topological polar surface area (TPSA) is 150 Å². The van der Waals surface area contributed by atoms with Crippen molar-refractivity contribution >= 4 is 46.1 Å². The normalized spacial score (nSPS) is 27.5. The van der Waals surface area contributed by atoms with Gasteiger partial charge in [-0.25, -0.2) is 23.0 Å². The molecule has 5 fully saturated rings.